The maximum atomic E-state index is 4.08. The lowest BCUT2D eigenvalue weighted by Crippen LogP contribution is -1.98. The van der Waals surface area contributed by atoms with Gasteiger partial charge in [0.2, 0.25) is 5.95 Å². The van der Waals surface area contributed by atoms with Crippen molar-refractivity contribution in [2.24, 2.45) is 0 Å². The highest BCUT2D eigenvalue weighted by molar-refractivity contribution is 5.77. The van der Waals surface area contributed by atoms with E-state index in [1.54, 1.807) is 0 Å². The van der Waals surface area contributed by atoms with Gasteiger partial charge in [-0.3, -0.25) is 0 Å². The van der Waals surface area contributed by atoms with Crippen molar-refractivity contribution < 1.29 is 0 Å². The van der Waals surface area contributed by atoms with Gasteiger partial charge in [-0.15, -0.1) is 0 Å². The minimum atomic E-state index is 0.533. The summed E-state index contributed by atoms with van der Waals surface area (Å²) in [6.45, 7) is 0. The van der Waals surface area contributed by atoms with Gasteiger partial charge in [0.1, 0.15) is 12.7 Å². The van der Waals surface area contributed by atoms with E-state index < -0.39 is 0 Å². The number of rotatable bonds is 4. The lowest BCUT2D eigenvalue weighted by Gasteiger charge is -2.07. The van der Waals surface area contributed by atoms with Crippen LogP contribution in [-0.4, -0.2) is 15.0 Å². The van der Waals surface area contributed by atoms with Crippen molar-refractivity contribution in [2.45, 2.75) is 0 Å². The van der Waals surface area contributed by atoms with E-state index in [0.29, 0.717) is 5.95 Å². The van der Waals surface area contributed by atoms with Crippen molar-refractivity contribution in [3.05, 3.63) is 78.4 Å². The lowest BCUT2D eigenvalue weighted by molar-refractivity contribution is 1.05. The largest absolute Gasteiger partial charge is 0.324 e. The molecule has 0 radical (unpaired) electrons. The molecule has 1 aromatic heterocycles. The molecule has 0 spiro atoms. The molecule has 0 aliphatic heterocycles. The fourth-order valence-corrected chi connectivity index (χ4v) is 1.93. The van der Waals surface area contributed by atoms with Gasteiger partial charge in [0, 0.05) is 5.69 Å². The molecule has 4 nitrogen and oxygen atoms in total. The number of para-hydroxylation sites is 1. The van der Waals surface area contributed by atoms with Crippen LogP contribution < -0.4 is 5.32 Å². The van der Waals surface area contributed by atoms with Crippen LogP contribution >= 0.6 is 0 Å². The highest BCUT2D eigenvalue weighted by atomic mass is 15.1. The van der Waals surface area contributed by atoms with Crippen LogP contribution in [-0.2, 0) is 0 Å². The predicted molar refractivity (Wildman–Crippen MR) is 84.9 cm³/mol. The third-order valence-electron chi connectivity index (χ3n) is 2.96. The van der Waals surface area contributed by atoms with Crippen LogP contribution in [0.1, 0.15) is 11.1 Å². The van der Waals surface area contributed by atoms with Gasteiger partial charge in [-0.05, 0) is 17.2 Å². The lowest BCUT2D eigenvalue weighted by atomic mass is 10.1. The quantitative estimate of drug-likeness (QED) is 0.735. The van der Waals surface area contributed by atoms with Crippen LogP contribution in [0.3, 0.4) is 0 Å². The fraction of sp³-hybridized carbons (Fsp3) is 0. The van der Waals surface area contributed by atoms with Crippen LogP contribution in [0.2, 0.25) is 0 Å². The fourth-order valence-electron chi connectivity index (χ4n) is 1.93. The number of hydrogen-bond acceptors (Lipinski definition) is 4. The van der Waals surface area contributed by atoms with Crippen molar-refractivity contribution in [2.75, 3.05) is 5.32 Å². The molecule has 102 valence electrons. The monoisotopic (exact) mass is 274 g/mol. The molecule has 0 atom stereocenters. The first-order valence-electron chi connectivity index (χ1n) is 6.63. The molecule has 0 fully saturated rings. The zero-order valence-electron chi connectivity index (χ0n) is 11.3. The minimum absolute atomic E-state index is 0.533. The second-order valence-electron chi connectivity index (χ2n) is 4.42. The number of benzene rings is 2. The molecular formula is C17H14N4. The summed E-state index contributed by atoms with van der Waals surface area (Å²) >= 11 is 0. The van der Waals surface area contributed by atoms with Gasteiger partial charge in [0.25, 0.3) is 0 Å². The average molecular weight is 274 g/mol. The van der Waals surface area contributed by atoms with Crippen LogP contribution in [0.5, 0.6) is 0 Å². The van der Waals surface area contributed by atoms with Crippen LogP contribution in [0.4, 0.5) is 11.6 Å². The van der Waals surface area contributed by atoms with Crippen molar-refractivity contribution in [3.8, 4) is 0 Å². The zero-order chi connectivity index (χ0) is 14.3. The van der Waals surface area contributed by atoms with Crippen LogP contribution in [0, 0.1) is 0 Å². The summed E-state index contributed by atoms with van der Waals surface area (Å²) < 4.78 is 0. The minimum Gasteiger partial charge on any atom is -0.324 e. The third kappa shape index (κ3) is 3.51. The Bertz CT molecular complexity index is 724. The number of nitrogens with one attached hydrogen (secondary N) is 1. The topological polar surface area (TPSA) is 50.7 Å². The zero-order valence-corrected chi connectivity index (χ0v) is 11.3. The molecule has 0 unspecified atom stereocenters. The first-order valence-corrected chi connectivity index (χ1v) is 6.63. The van der Waals surface area contributed by atoms with Gasteiger partial charge in [-0.1, -0.05) is 60.7 Å². The summed E-state index contributed by atoms with van der Waals surface area (Å²) in [5.74, 6) is 0.533. The molecule has 0 saturated carbocycles. The molecule has 1 N–H and O–H groups in total. The summed E-state index contributed by atoms with van der Waals surface area (Å²) in [6, 6.07) is 18.2. The van der Waals surface area contributed by atoms with E-state index in [1.165, 1.54) is 12.7 Å². The number of nitrogens with zero attached hydrogens (tertiary/aromatic N) is 3. The second-order valence-corrected chi connectivity index (χ2v) is 4.42. The van der Waals surface area contributed by atoms with E-state index in [1.807, 2.05) is 42.5 Å². The summed E-state index contributed by atoms with van der Waals surface area (Å²) in [5, 5.41) is 3.20. The molecule has 0 aliphatic carbocycles. The Balaban J connectivity index is 1.84. The van der Waals surface area contributed by atoms with Crippen molar-refractivity contribution in [3.63, 3.8) is 0 Å². The predicted octanol–water partition coefficient (Wildman–Crippen LogP) is 3.79. The van der Waals surface area contributed by atoms with Crippen molar-refractivity contribution in [1.82, 2.24) is 15.0 Å². The molecule has 2 aromatic carbocycles. The molecule has 4 heteroatoms. The molecule has 0 saturated heterocycles. The smallest absolute Gasteiger partial charge is 0.230 e. The first-order chi connectivity index (χ1) is 10.4. The second kappa shape index (κ2) is 6.43. The SMILES string of the molecule is C(=C\c1ccccc1Nc1ncncn1)/c1ccccc1. The Morgan fingerprint density at radius 3 is 2.29 bits per heavy atom. The van der Waals surface area contributed by atoms with Gasteiger partial charge in [-0.25, -0.2) is 15.0 Å². The van der Waals surface area contributed by atoms with E-state index in [2.05, 4.69) is 44.6 Å². The Labute approximate surface area is 123 Å². The van der Waals surface area contributed by atoms with E-state index in [9.17, 15) is 0 Å². The highest BCUT2D eigenvalue weighted by Crippen LogP contribution is 2.20. The molecule has 3 rings (SSSR count). The number of anilines is 2. The van der Waals surface area contributed by atoms with Gasteiger partial charge in [-0.2, -0.15) is 0 Å². The molecule has 1 heterocycles. The Hall–Kier alpha value is -3.01. The van der Waals surface area contributed by atoms with Gasteiger partial charge < -0.3 is 5.32 Å². The van der Waals surface area contributed by atoms with E-state index in [0.717, 1.165) is 16.8 Å². The van der Waals surface area contributed by atoms with E-state index >= 15 is 0 Å². The van der Waals surface area contributed by atoms with Crippen LogP contribution in [0.15, 0.2) is 67.3 Å². The normalized spacial score (nSPS) is 10.7. The van der Waals surface area contributed by atoms with Crippen molar-refractivity contribution >= 4 is 23.8 Å². The maximum Gasteiger partial charge on any atom is 0.230 e. The first kappa shape index (κ1) is 13.0. The van der Waals surface area contributed by atoms with E-state index in [4.69, 9.17) is 0 Å². The van der Waals surface area contributed by atoms with Gasteiger partial charge in [0.15, 0.2) is 0 Å². The summed E-state index contributed by atoms with van der Waals surface area (Å²) in [5.41, 5.74) is 3.19. The summed E-state index contributed by atoms with van der Waals surface area (Å²) in [7, 11) is 0. The Kier molecular flexibility index (Phi) is 3.98. The molecule has 0 aliphatic rings. The molecule has 0 amide bonds. The average Bonchev–Trinajstić information content (AvgIpc) is 2.56. The maximum absolute atomic E-state index is 4.08. The summed E-state index contributed by atoms with van der Waals surface area (Å²) in [4.78, 5) is 12.0. The Morgan fingerprint density at radius 1 is 0.762 bits per heavy atom. The number of aromatic nitrogens is 3. The number of hydrogen-bond donors (Lipinski definition) is 1. The summed E-state index contributed by atoms with van der Waals surface area (Å²) in [6.07, 6.45) is 7.09. The van der Waals surface area contributed by atoms with Crippen LogP contribution in [0.25, 0.3) is 12.2 Å². The molecular weight excluding hydrogens is 260 g/mol. The standard InChI is InChI=1S/C17H14N4/c1-2-6-14(7-3-1)10-11-15-8-4-5-9-16(15)21-17-19-12-18-13-20-17/h1-13H,(H,18,19,20,21)/b11-10+. The molecule has 0 bridgehead atoms. The molecule has 3 aromatic rings. The van der Waals surface area contributed by atoms with Gasteiger partial charge in [0.05, 0.1) is 0 Å². The van der Waals surface area contributed by atoms with E-state index in [-0.39, 0.29) is 0 Å². The third-order valence-corrected chi connectivity index (χ3v) is 2.96. The Morgan fingerprint density at radius 2 is 1.48 bits per heavy atom. The molecule has 21 heavy (non-hydrogen) atoms. The highest BCUT2D eigenvalue weighted by Gasteiger charge is 2.00. The van der Waals surface area contributed by atoms with Gasteiger partial charge >= 0.3 is 0 Å². The van der Waals surface area contributed by atoms with Crippen molar-refractivity contribution in [1.29, 1.82) is 0 Å².